The third-order valence-corrected chi connectivity index (χ3v) is 6.09. The van der Waals surface area contributed by atoms with Crippen LogP contribution in [0.4, 0.5) is 0 Å². The lowest BCUT2D eigenvalue weighted by Crippen LogP contribution is -1.86. The second-order valence-electron chi connectivity index (χ2n) is 8.14. The summed E-state index contributed by atoms with van der Waals surface area (Å²) in [5, 5.41) is 4.97. The van der Waals surface area contributed by atoms with Crippen molar-refractivity contribution in [2.45, 2.75) is 0 Å². The summed E-state index contributed by atoms with van der Waals surface area (Å²) >= 11 is 0. The topological polar surface area (TPSA) is 12.9 Å². The van der Waals surface area contributed by atoms with Crippen molar-refractivity contribution in [1.29, 1.82) is 0 Å². The maximum Gasteiger partial charge on any atom is 0.0702 e. The molecular formula is C31H21N. The summed E-state index contributed by atoms with van der Waals surface area (Å²) in [4.78, 5) is 4.77. The van der Waals surface area contributed by atoms with Crippen LogP contribution in [0.15, 0.2) is 128 Å². The molecule has 0 saturated carbocycles. The number of hydrogen-bond donors (Lipinski definition) is 0. The van der Waals surface area contributed by atoms with E-state index in [9.17, 15) is 0 Å². The molecule has 0 fully saturated rings. The molecule has 0 atom stereocenters. The van der Waals surface area contributed by atoms with Gasteiger partial charge in [-0.1, -0.05) is 97.1 Å². The Hall–Kier alpha value is -4.23. The Balaban J connectivity index is 1.32. The van der Waals surface area contributed by atoms with E-state index in [0.717, 1.165) is 16.8 Å². The monoisotopic (exact) mass is 407 g/mol. The third-order valence-electron chi connectivity index (χ3n) is 6.09. The summed E-state index contributed by atoms with van der Waals surface area (Å²) in [6, 6.07) is 43.0. The lowest BCUT2D eigenvalue weighted by molar-refractivity contribution is 1.33. The van der Waals surface area contributed by atoms with Gasteiger partial charge in [0.1, 0.15) is 0 Å². The molecule has 0 aliphatic carbocycles. The first kappa shape index (κ1) is 18.5. The molecule has 0 bridgehead atoms. The Bertz CT molecular complexity index is 1550. The highest BCUT2D eigenvalue weighted by Crippen LogP contribution is 2.29. The van der Waals surface area contributed by atoms with Gasteiger partial charge >= 0.3 is 0 Å². The largest absolute Gasteiger partial charge is 0.256 e. The Labute approximate surface area is 187 Å². The summed E-state index contributed by atoms with van der Waals surface area (Å²) in [5.41, 5.74) is 6.93. The first-order valence-electron chi connectivity index (χ1n) is 10.9. The van der Waals surface area contributed by atoms with Crippen molar-refractivity contribution in [2.24, 2.45) is 0 Å². The van der Waals surface area contributed by atoms with Crippen LogP contribution in [0.5, 0.6) is 0 Å². The second-order valence-corrected chi connectivity index (χ2v) is 8.14. The van der Waals surface area contributed by atoms with E-state index in [0.29, 0.717) is 0 Å². The average molecular weight is 408 g/mol. The van der Waals surface area contributed by atoms with Crippen LogP contribution in [0, 0.1) is 0 Å². The van der Waals surface area contributed by atoms with Gasteiger partial charge in [-0.15, -0.1) is 0 Å². The number of benzene rings is 5. The number of nitrogens with zero attached hydrogens (tertiary/aromatic N) is 1. The standard InChI is InChI=1S/C31H21N/c1-2-6-22(7-3-1)25-11-12-27-19-28(14-13-26(27)18-25)30-16-17-31(32-21-30)29-15-10-23-8-4-5-9-24(23)20-29/h1-21H. The predicted molar refractivity (Wildman–Crippen MR) is 136 cm³/mol. The van der Waals surface area contributed by atoms with E-state index in [1.54, 1.807) is 0 Å². The summed E-state index contributed by atoms with van der Waals surface area (Å²) in [6.45, 7) is 0. The van der Waals surface area contributed by atoms with Crippen LogP contribution in [0.1, 0.15) is 0 Å². The van der Waals surface area contributed by atoms with Crippen molar-refractivity contribution in [3.8, 4) is 33.5 Å². The van der Waals surface area contributed by atoms with Crippen LogP contribution in [0.2, 0.25) is 0 Å². The molecule has 6 aromatic rings. The van der Waals surface area contributed by atoms with Crippen LogP contribution in [-0.4, -0.2) is 4.98 Å². The fourth-order valence-electron chi connectivity index (χ4n) is 4.32. The van der Waals surface area contributed by atoms with Crippen molar-refractivity contribution in [1.82, 2.24) is 4.98 Å². The summed E-state index contributed by atoms with van der Waals surface area (Å²) in [7, 11) is 0. The molecule has 32 heavy (non-hydrogen) atoms. The lowest BCUT2D eigenvalue weighted by Gasteiger charge is -2.08. The molecule has 150 valence electrons. The summed E-state index contributed by atoms with van der Waals surface area (Å²) < 4.78 is 0. The molecule has 0 spiro atoms. The lowest BCUT2D eigenvalue weighted by atomic mass is 9.98. The van der Waals surface area contributed by atoms with E-state index in [1.807, 2.05) is 6.20 Å². The van der Waals surface area contributed by atoms with Crippen LogP contribution in [0.25, 0.3) is 55.1 Å². The van der Waals surface area contributed by atoms with Gasteiger partial charge in [0.15, 0.2) is 0 Å². The van der Waals surface area contributed by atoms with Gasteiger partial charge in [-0.25, -0.2) is 0 Å². The van der Waals surface area contributed by atoms with Gasteiger partial charge < -0.3 is 0 Å². The molecular weight excluding hydrogens is 386 g/mol. The molecule has 0 radical (unpaired) electrons. The molecule has 1 nitrogen and oxygen atoms in total. The van der Waals surface area contributed by atoms with Crippen LogP contribution in [0.3, 0.4) is 0 Å². The van der Waals surface area contributed by atoms with Crippen molar-refractivity contribution >= 4 is 21.5 Å². The number of pyridine rings is 1. The molecule has 0 unspecified atom stereocenters. The molecule has 1 heterocycles. The minimum absolute atomic E-state index is 0.993. The zero-order valence-corrected chi connectivity index (χ0v) is 17.6. The minimum atomic E-state index is 0.993. The van der Waals surface area contributed by atoms with Crippen molar-refractivity contribution in [3.05, 3.63) is 128 Å². The number of fused-ring (bicyclic) bond motifs is 2. The van der Waals surface area contributed by atoms with Gasteiger partial charge in [-0.2, -0.15) is 0 Å². The third kappa shape index (κ3) is 3.44. The molecule has 1 aromatic heterocycles. The highest BCUT2D eigenvalue weighted by Gasteiger charge is 2.05. The number of rotatable bonds is 3. The van der Waals surface area contributed by atoms with E-state index < -0.39 is 0 Å². The van der Waals surface area contributed by atoms with E-state index >= 15 is 0 Å². The summed E-state index contributed by atoms with van der Waals surface area (Å²) in [6.07, 6.45) is 1.98. The average Bonchev–Trinajstić information content (AvgIpc) is 2.88. The van der Waals surface area contributed by atoms with E-state index in [2.05, 4.69) is 121 Å². The maximum atomic E-state index is 4.77. The van der Waals surface area contributed by atoms with E-state index in [4.69, 9.17) is 4.98 Å². The second kappa shape index (κ2) is 7.79. The smallest absolute Gasteiger partial charge is 0.0702 e. The zero-order valence-electron chi connectivity index (χ0n) is 17.6. The number of hydrogen-bond acceptors (Lipinski definition) is 1. The van der Waals surface area contributed by atoms with Gasteiger partial charge in [-0.05, 0) is 62.5 Å². The minimum Gasteiger partial charge on any atom is -0.256 e. The van der Waals surface area contributed by atoms with E-state index in [1.165, 1.54) is 38.2 Å². The Morgan fingerprint density at radius 3 is 1.59 bits per heavy atom. The molecule has 6 rings (SSSR count). The van der Waals surface area contributed by atoms with Crippen molar-refractivity contribution in [3.63, 3.8) is 0 Å². The first-order chi connectivity index (χ1) is 15.8. The van der Waals surface area contributed by atoms with Crippen molar-refractivity contribution < 1.29 is 0 Å². The molecule has 0 N–H and O–H groups in total. The van der Waals surface area contributed by atoms with Gasteiger partial charge in [0.05, 0.1) is 5.69 Å². The maximum absolute atomic E-state index is 4.77. The first-order valence-corrected chi connectivity index (χ1v) is 10.9. The SMILES string of the molecule is c1ccc(-c2ccc3cc(-c4ccc(-c5ccc6ccccc6c5)nc4)ccc3c2)cc1. The molecule has 0 aliphatic rings. The quantitative estimate of drug-likeness (QED) is 0.287. The van der Waals surface area contributed by atoms with Gasteiger partial charge in [0.2, 0.25) is 0 Å². The highest BCUT2D eigenvalue weighted by molar-refractivity contribution is 5.91. The Kier molecular flexibility index (Phi) is 4.51. The molecule has 0 saturated heterocycles. The molecule has 1 heteroatoms. The predicted octanol–water partition coefficient (Wildman–Crippen LogP) is 8.39. The Morgan fingerprint density at radius 2 is 0.875 bits per heavy atom. The van der Waals surface area contributed by atoms with Crippen LogP contribution >= 0.6 is 0 Å². The molecule has 0 amide bonds. The zero-order chi connectivity index (χ0) is 21.3. The molecule has 0 aliphatic heterocycles. The fraction of sp³-hybridized carbons (Fsp3) is 0. The molecule has 5 aromatic carbocycles. The van der Waals surface area contributed by atoms with Gasteiger partial charge in [0, 0.05) is 17.3 Å². The number of aromatic nitrogens is 1. The van der Waals surface area contributed by atoms with Gasteiger partial charge in [0.25, 0.3) is 0 Å². The normalized spacial score (nSPS) is 11.1. The van der Waals surface area contributed by atoms with Crippen LogP contribution < -0.4 is 0 Å². The van der Waals surface area contributed by atoms with E-state index in [-0.39, 0.29) is 0 Å². The van der Waals surface area contributed by atoms with Crippen molar-refractivity contribution in [2.75, 3.05) is 0 Å². The highest BCUT2D eigenvalue weighted by atomic mass is 14.7. The van der Waals surface area contributed by atoms with Crippen LogP contribution in [-0.2, 0) is 0 Å². The Morgan fingerprint density at radius 1 is 0.344 bits per heavy atom. The fourth-order valence-corrected chi connectivity index (χ4v) is 4.32. The van der Waals surface area contributed by atoms with Gasteiger partial charge in [-0.3, -0.25) is 4.98 Å². The summed E-state index contributed by atoms with van der Waals surface area (Å²) in [5.74, 6) is 0.